The van der Waals surface area contributed by atoms with Crippen LogP contribution < -0.4 is 10.8 Å². The maximum Gasteiger partial charge on any atom is 0.275 e. The molecule has 1 aromatic heterocycles. The Labute approximate surface area is 230 Å². The quantitative estimate of drug-likeness (QED) is 0.127. The minimum absolute atomic E-state index is 0.122. The summed E-state index contributed by atoms with van der Waals surface area (Å²) in [6.45, 7) is 2.06. The Hall–Kier alpha value is -4.46. The van der Waals surface area contributed by atoms with Gasteiger partial charge in [-0.15, -0.1) is 0 Å². The van der Waals surface area contributed by atoms with E-state index >= 15 is 0 Å². The maximum atomic E-state index is 13.3. The number of amides is 2. The number of nitrogens with zero attached hydrogens (tertiary/aromatic N) is 1. The van der Waals surface area contributed by atoms with Gasteiger partial charge in [0.1, 0.15) is 5.82 Å². The van der Waals surface area contributed by atoms with E-state index < -0.39 is 5.91 Å². The molecule has 5 aromatic rings. The Balaban J connectivity index is 1.56. The number of hydrogen-bond acceptors (Lipinski definition) is 4. The smallest absolute Gasteiger partial charge is 0.275 e. The number of hydrogen-bond donors (Lipinski definition) is 4. The van der Waals surface area contributed by atoms with Gasteiger partial charge in [0.2, 0.25) is 0 Å². The molecular weight excluding hydrogens is 512 g/mol. The molecule has 196 valence electrons. The van der Waals surface area contributed by atoms with Crippen molar-refractivity contribution in [3.63, 3.8) is 0 Å². The number of halogens is 1. The van der Waals surface area contributed by atoms with Crippen molar-refractivity contribution in [2.75, 3.05) is 0 Å². The normalized spacial score (nSPS) is 11.8. The van der Waals surface area contributed by atoms with E-state index in [1.165, 1.54) is 6.07 Å². The number of rotatable bonds is 8. The number of benzene rings is 4. The number of aromatic nitrogens is 2. The summed E-state index contributed by atoms with van der Waals surface area (Å²) in [6.07, 6.45) is 1.65. The monoisotopic (exact) mass is 538 g/mol. The van der Waals surface area contributed by atoms with Gasteiger partial charge in [0.05, 0.1) is 22.6 Å². The van der Waals surface area contributed by atoms with Crippen LogP contribution in [0.5, 0.6) is 0 Å². The van der Waals surface area contributed by atoms with Crippen molar-refractivity contribution in [1.29, 1.82) is 0 Å². The van der Waals surface area contributed by atoms with E-state index in [1.54, 1.807) is 29.7 Å². The van der Waals surface area contributed by atoms with Crippen molar-refractivity contribution >= 4 is 34.4 Å². The van der Waals surface area contributed by atoms with Gasteiger partial charge in [-0.1, -0.05) is 73.5 Å². The van der Waals surface area contributed by atoms with Crippen molar-refractivity contribution in [1.82, 2.24) is 20.8 Å². The molecule has 7 nitrogen and oxygen atoms in total. The summed E-state index contributed by atoms with van der Waals surface area (Å²) in [7, 11) is 0. The molecule has 0 radical (unpaired) electrons. The Morgan fingerprint density at radius 1 is 0.897 bits per heavy atom. The number of aromatic amines is 1. The molecule has 1 unspecified atom stereocenters. The van der Waals surface area contributed by atoms with Crippen molar-refractivity contribution < 1.29 is 14.8 Å². The molecule has 1 atom stereocenters. The standard InChI is InChI=1S/C31H27ClN4O3/c1-2-8-26(19-9-4-3-5-10-19)35-30(37)20-13-15-22(25(17-20)31(38)36-39)24-18-21(32)14-16-23(24)29-33-27-11-6-7-12-28(27)34-29/h3-7,9-18,26,39H,2,8H2,1H3,(H,33,34)(H,35,37)(H,36,38). The zero-order valence-corrected chi connectivity index (χ0v) is 22.0. The third-order valence-corrected chi connectivity index (χ3v) is 6.86. The highest BCUT2D eigenvalue weighted by atomic mass is 35.5. The van der Waals surface area contributed by atoms with Crippen molar-refractivity contribution in [3.05, 3.63) is 113 Å². The fourth-order valence-electron chi connectivity index (χ4n) is 4.73. The number of nitrogens with one attached hydrogen (secondary N) is 3. The average molecular weight is 539 g/mol. The molecule has 0 spiro atoms. The largest absolute Gasteiger partial charge is 0.345 e. The highest BCUT2D eigenvalue weighted by Crippen LogP contribution is 2.36. The third-order valence-electron chi connectivity index (χ3n) is 6.63. The second-order valence-electron chi connectivity index (χ2n) is 9.22. The molecule has 4 aromatic carbocycles. The second kappa shape index (κ2) is 11.5. The molecule has 0 aliphatic carbocycles. The summed E-state index contributed by atoms with van der Waals surface area (Å²) in [4.78, 5) is 34.2. The van der Waals surface area contributed by atoms with E-state index in [4.69, 9.17) is 16.6 Å². The first kappa shape index (κ1) is 26.2. The predicted molar refractivity (Wildman–Crippen MR) is 153 cm³/mol. The number of carbonyl (C=O) groups excluding carboxylic acids is 2. The van der Waals surface area contributed by atoms with E-state index in [-0.39, 0.29) is 17.5 Å². The van der Waals surface area contributed by atoms with Crippen LogP contribution in [-0.4, -0.2) is 27.0 Å². The highest BCUT2D eigenvalue weighted by molar-refractivity contribution is 6.31. The number of imidazole rings is 1. The lowest BCUT2D eigenvalue weighted by Gasteiger charge is -2.19. The molecule has 2 amide bonds. The number of hydroxylamine groups is 1. The van der Waals surface area contributed by atoms with Gasteiger partial charge in [-0.05, 0) is 65.6 Å². The summed E-state index contributed by atoms with van der Waals surface area (Å²) in [5.74, 6) is -0.465. The topological polar surface area (TPSA) is 107 Å². The molecule has 5 rings (SSSR count). The number of para-hydroxylation sites is 2. The molecule has 1 heterocycles. The molecule has 0 aliphatic rings. The van der Waals surface area contributed by atoms with E-state index in [9.17, 15) is 14.8 Å². The summed E-state index contributed by atoms with van der Waals surface area (Å²) in [5.41, 5.74) is 6.63. The minimum atomic E-state index is -0.747. The maximum absolute atomic E-state index is 13.3. The van der Waals surface area contributed by atoms with Crippen molar-refractivity contribution in [2.24, 2.45) is 0 Å². The van der Waals surface area contributed by atoms with Crippen LogP contribution in [0.4, 0.5) is 0 Å². The Morgan fingerprint density at radius 3 is 2.38 bits per heavy atom. The Kier molecular flexibility index (Phi) is 7.72. The van der Waals surface area contributed by atoms with Crippen LogP contribution in [-0.2, 0) is 0 Å². The average Bonchev–Trinajstić information content (AvgIpc) is 3.40. The fourth-order valence-corrected chi connectivity index (χ4v) is 4.90. The van der Waals surface area contributed by atoms with Crippen LogP contribution in [0, 0.1) is 0 Å². The van der Waals surface area contributed by atoms with E-state index in [0.717, 1.165) is 29.4 Å². The molecule has 8 heteroatoms. The third kappa shape index (κ3) is 5.55. The van der Waals surface area contributed by atoms with E-state index in [0.29, 0.717) is 33.1 Å². The van der Waals surface area contributed by atoms with Gasteiger partial charge in [0.15, 0.2) is 0 Å². The number of fused-ring (bicyclic) bond motifs is 1. The van der Waals surface area contributed by atoms with Crippen LogP contribution >= 0.6 is 11.6 Å². The molecule has 0 saturated heterocycles. The zero-order valence-electron chi connectivity index (χ0n) is 21.2. The lowest BCUT2D eigenvalue weighted by atomic mass is 9.92. The van der Waals surface area contributed by atoms with Gasteiger partial charge in [-0.2, -0.15) is 0 Å². The van der Waals surface area contributed by atoms with Crippen LogP contribution in [0.1, 0.15) is 52.1 Å². The zero-order chi connectivity index (χ0) is 27.4. The van der Waals surface area contributed by atoms with Crippen LogP contribution in [0.15, 0.2) is 91.0 Å². The molecule has 0 aliphatic heterocycles. The summed E-state index contributed by atoms with van der Waals surface area (Å²) >= 11 is 6.38. The first-order valence-corrected chi connectivity index (χ1v) is 13.1. The molecular formula is C31H27ClN4O3. The number of H-pyrrole nitrogens is 1. The SMILES string of the molecule is CCCC(NC(=O)c1ccc(-c2cc(Cl)ccc2-c2nc3ccccc3[nH]2)c(C(=O)NO)c1)c1ccccc1. The first-order chi connectivity index (χ1) is 19.0. The van der Waals surface area contributed by atoms with Crippen molar-refractivity contribution in [2.45, 2.75) is 25.8 Å². The van der Waals surface area contributed by atoms with Crippen LogP contribution in [0.2, 0.25) is 5.02 Å². The summed E-state index contributed by atoms with van der Waals surface area (Å²) in [5, 5.41) is 13.1. The summed E-state index contributed by atoms with van der Waals surface area (Å²) < 4.78 is 0. The van der Waals surface area contributed by atoms with Crippen LogP contribution in [0.25, 0.3) is 33.5 Å². The Morgan fingerprint density at radius 2 is 1.64 bits per heavy atom. The van der Waals surface area contributed by atoms with Gasteiger partial charge in [-0.25, -0.2) is 10.5 Å². The first-order valence-electron chi connectivity index (χ1n) is 12.7. The lowest BCUT2D eigenvalue weighted by Crippen LogP contribution is -2.29. The lowest BCUT2D eigenvalue weighted by molar-refractivity contribution is 0.0707. The molecule has 0 saturated carbocycles. The van der Waals surface area contributed by atoms with Gasteiger partial charge in [-0.3, -0.25) is 14.8 Å². The second-order valence-corrected chi connectivity index (χ2v) is 9.66. The number of carbonyl (C=O) groups is 2. The summed E-state index contributed by atoms with van der Waals surface area (Å²) in [6, 6.07) is 27.4. The van der Waals surface area contributed by atoms with Gasteiger partial charge < -0.3 is 10.3 Å². The minimum Gasteiger partial charge on any atom is -0.345 e. The molecule has 4 N–H and O–H groups in total. The van der Waals surface area contributed by atoms with E-state index in [1.807, 2.05) is 60.7 Å². The Bertz CT molecular complexity index is 1620. The van der Waals surface area contributed by atoms with Crippen LogP contribution in [0.3, 0.4) is 0 Å². The van der Waals surface area contributed by atoms with Gasteiger partial charge in [0, 0.05) is 16.1 Å². The highest BCUT2D eigenvalue weighted by Gasteiger charge is 2.22. The predicted octanol–water partition coefficient (Wildman–Crippen LogP) is 6.94. The molecule has 0 bridgehead atoms. The van der Waals surface area contributed by atoms with Gasteiger partial charge >= 0.3 is 0 Å². The molecule has 0 fully saturated rings. The van der Waals surface area contributed by atoms with Gasteiger partial charge in [0.25, 0.3) is 11.8 Å². The molecule has 39 heavy (non-hydrogen) atoms. The van der Waals surface area contributed by atoms with E-state index in [2.05, 4.69) is 17.2 Å². The fraction of sp³-hybridized carbons (Fsp3) is 0.129. The van der Waals surface area contributed by atoms with Crippen molar-refractivity contribution in [3.8, 4) is 22.5 Å².